The summed E-state index contributed by atoms with van der Waals surface area (Å²) in [6.45, 7) is 2.30. The third kappa shape index (κ3) is 2.98. The highest BCUT2D eigenvalue weighted by molar-refractivity contribution is 5.51. The molecular weight excluding hydrogens is 250 g/mol. The van der Waals surface area contributed by atoms with Gasteiger partial charge in [-0.1, -0.05) is 19.4 Å². The molecule has 1 saturated carbocycles. The Balaban J connectivity index is 1.65. The zero-order valence-corrected chi connectivity index (χ0v) is 11.9. The summed E-state index contributed by atoms with van der Waals surface area (Å²) >= 11 is 0. The fourth-order valence-corrected chi connectivity index (χ4v) is 2.97. The summed E-state index contributed by atoms with van der Waals surface area (Å²) in [5.74, 6) is 0.931. The SMILES string of the molecule is CCC1CCC(Nc2cccc(-n3cnnn3)c2)CC1. The molecule has 1 aromatic heterocycles. The molecule has 106 valence electrons. The molecule has 1 N–H and O–H groups in total. The highest BCUT2D eigenvalue weighted by Gasteiger charge is 2.19. The van der Waals surface area contributed by atoms with Crippen molar-refractivity contribution in [2.45, 2.75) is 45.1 Å². The lowest BCUT2D eigenvalue weighted by Crippen LogP contribution is -2.25. The summed E-state index contributed by atoms with van der Waals surface area (Å²) in [6, 6.07) is 8.86. The Labute approximate surface area is 119 Å². The van der Waals surface area contributed by atoms with Gasteiger partial charge in [0.25, 0.3) is 0 Å². The van der Waals surface area contributed by atoms with Crippen LogP contribution in [-0.2, 0) is 0 Å². The molecule has 0 bridgehead atoms. The Morgan fingerprint density at radius 1 is 1.25 bits per heavy atom. The van der Waals surface area contributed by atoms with E-state index in [1.807, 2.05) is 12.1 Å². The van der Waals surface area contributed by atoms with Crippen LogP contribution in [0, 0.1) is 5.92 Å². The third-order valence-corrected chi connectivity index (χ3v) is 4.25. The van der Waals surface area contributed by atoms with Crippen LogP contribution in [-0.4, -0.2) is 26.2 Å². The zero-order chi connectivity index (χ0) is 13.8. The summed E-state index contributed by atoms with van der Waals surface area (Å²) in [7, 11) is 0. The molecule has 1 heterocycles. The van der Waals surface area contributed by atoms with E-state index in [0.29, 0.717) is 6.04 Å². The number of hydrogen-bond acceptors (Lipinski definition) is 4. The van der Waals surface area contributed by atoms with E-state index in [0.717, 1.165) is 17.3 Å². The van der Waals surface area contributed by atoms with E-state index in [1.54, 1.807) is 11.0 Å². The smallest absolute Gasteiger partial charge is 0.143 e. The second-order valence-corrected chi connectivity index (χ2v) is 5.57. The molecule has 5 nitrogen and oxygen atoms in total. The van der Waals surface area contributed by atoms with Gasteiger partial charge in [-0.15, -0.1) is 5.10 Å². The van der Waals surface area contributed by atoms with Crippen LogP contribution >= 0.6 is 0 Å². The van der Waals surface area contributed by atoms with Crippen LogP contribution in [0.25, 0.3) is 5.69 Å². The van der Waals surface area contributed by atoms with E-state index in [4.69, 9.17) is 0 Å². The molecule has 0 aliphatic heterocycles. The molecular formula is C15H21N5. The molecule has 20 heavy (non-hydrogen) atoms. The van der Waals surface area contributed by atoms with Crippen molar-refractivity contribution in [1.82, 2.24) is 20.2 Å². The van der Waals surface area contributed by atoms with Crippen molar-refractivity contribution in [3.8, 4) is 5.69 Å². The quantitative estimate of drug-likeness (QED) is 0.928. The lowest BCUT2D eigenvalue weighted by molar-refractivity contribution is 0.330. The van der Waals surface area contributed by atoms with Gasteiger partial charge in [-0.25, -0.2) is 4.68 Å². The number of hydrogen-bond donors (Lipinski definition) is 1. The maximum absolute atomic E-state index is 3.92. The van der Waals surface area contributed by atoms with Crippen LogP contribution in [0.4, 0.5) is 5.69 Å². The van der Waals surface area contributed by atoms with Crippen molar-refractivity contribution >= 4 is 5.69 Å². The molecule has 0 atom stereocenters. The number of tetrazole rings is 1. The Morgan fingerprint density at radius 3 is 2.80 bits per heavy atom. The molecule has 3 rings (SSSR count). The standard InChI is InChI=1S/C15H21N5/c1-2-12-6-8-13(9-7-12)17-14-4-3-5-15(10-14)20-11-16-18-19-20/h3-5,10-13,17H,2,6-9H2,1H3. The number of nitrogens with one attached hydrogen (secondary N) is 1. The van der Waals surface area contributed by atoms with Crippen molar-refractivity contribution in [3.05, 3.63) is 30.6 Å². The number of anilines is 1. The van der Waals surface area contributed by atoms with Gasteiger partial charge < -0.3 is 5.32 Å². The Hall–Kier alpha value is -1.91. The zero-order valence-electron chi connectivity index (χ0n) is 11.9. The van der Waals surface area contributed by atoms with Crippen LogP contribution in [0.3, 0.4) is 0 Å². The van der Waals surface area contributed by atoms with Crippen LogP contribution in [0.1, 0.15) is 39.0 Å². The molecule has 5 heteroatoms. The highest BCUT2D eigenvalue weighted by atomic mass is 15.5. The van der Waals surface area contributed by atoms with Gasteiger partial charge in [0.15, 0.2) is 0 Å². The van der Waals surface area contributed by atoms with Crippen molar-refractivity contribution in [1.29, 1.82) is 0 Å². The van der Waals surface area contributed by atoms with Gasteiger partial charge in [0.05, 0.1) is 5.69 Å². The molecule has 1 fully saturated rings. The molecule has 1 aromatic carbocycles. The van der Waals surface area contributed by atoms with E-state index in [9.17, 15) is 0 Å². The molecule has 1 aliphatic rings. The van der Waals surface area contributed by atoms with E-state index >= 15 is 0 Å². The second-order valence-electron chi connectivity index (χ2n) is 5.57. The van der Waals surface area contributed by atoms with Gasteiger partial charge in [0.2, 0.25) is 0 Å². The fourth-order valence-electron chi connectivity index (χ4n) is 2.97. The van der Waals surface area contributed by atoms with Gasteiger partial charge >= 0.3 is 0 Å². The highest BCUT2D eigenvalue weighted by Crippen LogP contribution is 2.28. The topological polar surface area (TPSA) is 55.6 Å². The maximum Gasteiger partial charge on any atom is 0.143 e. The van der Waals surface area contributed by atoms with Gasteiger partial charge in [-0.2, -0.15) is 0 Å². The Bertz CT molecular complexity index is 529. The molecule has 0 unspecified atom stereocenters. The lowest BCUT2D eigenvalue weighted by Gasteiger charge is -2.29. The minimum absolute atomic E-state index is 0.599. The average Bonchev–Trinajstić information content (AvgIpc) is 3.03. The summed E-state index contributed by atoms with van der Waals surface area (Å²) in [5.41, 5.74) is 2.14. The molecule has 0 spiro atoms. The summed E-state index contributed by atoms with van der Waals surface area (Å²) in [5, 5.41) is 14.9. The summed E-state index contributed by atoms with van der Waals surface area (Å²) in [6.07, 6.45) is 8.18. The minimum Gasteiger partial charge on any atom is -0.382 e. The van der Waals surface area contributed by atoms with Gasteiger partial charge in [0, 0.05) is 11.7 Å². The first-order valence-corrected chi connectivity index (χ1v) is 7.45. The van der Waals surface area contributed by atoms with Crippen molar-refractivity contribution in [2.24, 2.45) is 5.92 Å². The summed E-state index contributed by atoms with van der Waals surface area (Å²) in [4.78, 5) is 0. The van der Waals surface area contributed by atoms with Crippen LogP contribution in [0.2, 0.25) is 0 Å². The summed E-state index contributed by atoms with van der Waals surface area (Å²) < 4.78 is 1.68. The van der Waals surface area contributed by atoms with E-state index in [2.05, 4.69) is 39.9 Å². The predicted octanol–water partition coefficient (Wildman–Crippen LogP) is 3.04. The number of aromatic nitrogens is 4. The van der Waals surface area contributed by atoms with Crippen LogP contribution in [0.15, 0.2) is 30.6 Å². The molecule has 0 saturated heterocycles. The van der Waals surface area contributed by atoms with Crippen LogP contribution < -0.4 is 5.32 Å². The van der Waals surface area contributed by atoms with Gasteiger partial charge in [-0.3, -0.25) is 0 Å². The van der Waals surface area contributed by atoms with Crippen molar-refractivity contribution in [3.63, 3.8) is 0 Å². The molecule has 0 amide bonds. The van der Waals surface area contributed by atoms with Crippen LogP contribution in [0.5, 0.6) is 0 Å². The van der Waals surface area contributed by atoms with E-state index in [1.165, 1.54) is 32.1 Å². The maximum atomic E-state index is 3.92. The minimum atomic E-state index is 0.599. The molecule has 0 radical (unpaired) electrons. The van der Waals surface area contributed by atoms with E-state index in [-0.39, 0.29) is 0 Å². The number of rotatable bonds is 4. The first-order valence-electron chi connectivity index (χ1n) is 7.45. The normalized spacial score (nSPS) is 22.6. The van der Waals surface area contributed by atoms with E-state index < -0.39 is 0 Å². The first-order chi connectivity index (χ1) is 9.85. The largest absolute Gasteiger partial charge is 0.382 e. The average molecular weight is 271 g/mol. The van der Waals surface area contributed by atoms with Gasteiger partial charge in [-0.05, 0) is 60.2 Å². The Morgan fingerprint density at radius 2 is 2.10 bits per heavy atom. The third-order valence-electron chi connectivity index (χ3n) is 4.25. The number of benzene rings is 1. The predicted molar refractivity (Wildman–Crippen MR) is 78.8 cm³/mol. The Kier molecular flexibility index (Phi) is 3.95. The van der Waals surface area contributed by atoms with Crippen molar-refractivity contribution < 1.29 is 0 Å². The first kappa shape index (κ1) is 13.1. The second kappa shape index (κ2) is 6.03. The fraction of sp³-hybridized carbons (Fsp3) is 0.533. The van der Waals surface area contributed by atoms with Gasteiger partial charge in [0.1, 0.15) is 6.33 Å². The molecule has 2 aromatic rings. The monoisotopic (exact) mass is 271 g/mol. The number of nitrogens with zero attached hydrogens (tertiary/aromatic N) is 4. The molecule has 1 aliphatic carbocycles. The lowest BCUT2D eigenvalue weighted by atomic mass is 9.84. The van der Waals surface area contributed by atoms with Crippen molar-refractivity contribution in [2.75, 3.05) is 5.32 Å².